The maximum atomic E-state index is 5.83. The predicted molar refractivity (Wildman–Crippen MR) is 114 cm³/mol. The van der Waals surface area contributed by atoms with Crippen molar-refractivity contribution in [2.24, 2.45) is 0 Å². The van der Waals surface area contributed by atoms with Crippen molar-refractivity contribution in [3.8, 4) is 0 Å². The predicted octanol–water partition coefficient (Wildman–Crippen LogP) is 5.86. The van der Waals surface area contributed by atoms with Crippen molar-refractivity contribution in [2.75, 3.05) is 5.90 Å². The molecule has 0 bridgehead atoms. The molecule has 0 fully saturated rings. The zero-order valence-electron chi connectivity index (χ0n) is 12.3. The zero-order valence-corrected chi connectivity index (χ0v) is 17.5. The summed E-state index contributed by atoms with van der Waals surface area (Å²) in [6.07, 6.45) is 0. The van der Waals surface area contributed by atoms with Crippen molar-refractivity contribution < 1.29 is 9.05 Å². The molecule has 124 valence electrons. The SMILES string of the molecule is S=P(S)(CP(=S)(S)OCc1ccccc1)OCc1ccccc1. The lowest BCUT2D eigenvalue weighted by atomic mass is 10.2. The molecular formula is C15H18O2P2S4. The molecule has 2 rings (SSSR count). The van der Waals surface area contributed by atoms with Crippen molar-refractivity contribution in [2.45, 2.75) is 13.2 Å². The van der Waals surface area contributed by atoms with Gasteiger partial charge in [0.25, 0.3) is 0 Å². The minimum Gasteiger partial charge on any atom is -0.336 e. The van der Waals surface area contributed by atoms with Gasteiger partial charge in [0.05, 0.1) is 19.1 Å². The average Bonchev–Trinajstić information content (AvgIpc) is 2.52. The lowest BCUT2D eigenvalue weighted by Crippen LogP contribution is -1.95. The van der Waals surface area contributed by atoms with Gasteiger partial charge in [-0.2, -0.15) is 0 Å². The van der Waals surface area contributed by atoms with E-state index in [1.807, 2.05) is 60.7 Å². The Balaban J connectivity index is 1.87. The Morgan fingerprint density at radius 3 is 1.39 bits per heavy atom. The van der Waals surface area contributed by atoms with Gasteiger partial charge in [-0.3, -0.25) is 0 Å². The van der Waals surface area contributed by atoms with E-state index in [9.17, 15) is 0 Å². The quantitative estimate of drug-likeness (QED) is 0.412. The van der Waals surface area contributed by atoms with Crippen LogP contribution in [0.25, 0.3) is 0 Å². The number of hydrogen-bond acceptors (Lipinski definition) is 4. The third-order valence-electron chi connectivity index (χ3n) is 2.91. The first-order valence-corrected chi connectivity index (χ1v) is 15.0. The number of benzene rings is 2. The fourth-order valence-corrected chi connectivity index (χ4v) is 14.9. The third kappa shape index (κ3) is 7.85. The Labute approximate surface area is 158 Å². The van der Waals surface area contributed by atoms with Crippen LogP contribution >= 0.6 is 35.4 Å². The van der Waals surface area contributed by atoms with Crippen LogP contribution in [0.1, 0.15) is 11.1 Å². The molecule has 0 amide bonds. The summed E-state index contributed by atoms with van der Waals surface area (Å²) >= 11 is 20.1. The highest BCUT2D eigenvalue weighted by Gasteiger charge is 2.23. The number of thiol groups is 2. The van der Waals surface area contributed by atoms with Crippen LogP contribution in [0.15, 0.2) is 60.7 Å². The molecule has 0 saturated heterocycles. The molecule has 0 aliphatic rings. The molecule has 0 aromatic heterocycles. The highest BCUT2D eigenvalue weighted by Crippen LogP contribution is 2.68. The maximum absolute atomic E-state index is 5.83. The van der Waals surface area contributed by atoms with E-state index < -0.39 is 10.9 Å². The molecule has 8 heteroatoms. The monoisotopic (exact) mass is 420 g/mol. The van der Waals surface area contributed by atoms with Crippen LogP contribution in [0, 0.1) is 0 Å². The molecule has 0 aliphatic heterocycles. The topological polar surface area (TPSA) is 18.5 Å². The Morgan fingerprint density at radius 1 is 0.696 bits per heavy atom. The summed E-state index contributed by atoms with van der Waals surface area (Å²) in [5, 5.41) is 0. The van der Waals surface area contributed by atoms with E-state index >= 15 is 0 Å². The maximum Gasteiger partial charge on any atom is 0.124 e. The molecule has 23 heavy (non-hydrogen) atoms. The first-order valence-electron chi connectivity index (χ1n) is 6.87. The second-order valence-electron chi connectivity index (χ2n) is 4.93. The summed E-state index contributed by atoms with van der Waals surface area (Å²) in [6.45, 7) is 0.868. The summed E-state index contributed by atoms with van der Waals surface area (Å²) in [5.74, 6) is 0.413. The van der Waals surface area contributed by atoms with Gasteiger partial charge in [0, 0.05) is 0 Å². The van der Waals surface area contributed by atoms with Gasteiger partial charge in [0.2, 0.25) is 0 Å². The minimum absolute atomic E-state index is 0.413. The second kappa shape index (κ2) is 9.17. The molecule has 0 N–H and O–H groups in total. The fourth-order valence-electron chi connectivity index (χ4n) is 1.81. The molecule has 2 nitrogen and oxygen atoms in total. The normalized spacial score (nSPS) is 16.4. The molecule has 0 heterocycles. The van der Waals surface area contributed by atoms with E-state index in [0.29, 0.717) is 19.1 Å². The van der Waals surface area contributed by atoms with E-state index in [0.717, 1.165) is 11.1 Å². The number of rotatable bonds is 8. The van der Waals surface area contributed by atoms with Gasteiger partial charge in [0.1, 0.15) is 10.9 Å². The lowest BCUT2D eigenvalue weighted by molar-refractivity contribution is 0.342. The van der Waals surface area contributed by atoms with Crippen molar-refractivity contribution >= 4 is 59.0 Å². The zero-order chi connectivity index (χ0) is 16.8. The smallest absolute Gasteiger partial charge is 0.124 e. The fraction of sp³-hybridized carbons (Fsp3) is 0.200. The average molecular weight is 421 g/mol. The van der Waals surface area contributed by atoms with E-state index in [4.69, 9.17) is 32.7 Å². The van der Waals surface area contributed by atoms with Crippen LogP contribution < -0.4 is 0 Å². The van der Waals surface area contributed by atoms with Crippen molar-refractivity contribution in [1.82, 2.24) is 0 Å². The first kappa shape index (κ1) is 19.7. The standard InChI is InChI=1S/C15H18O2P2S4/c20-18(21,16-11-14-7-3-1-4-8-14)13-19(22,23)17-12-15-9-5-2-6-10-15/h1-10H,11-13H2,(H,20,21)(H,22,23). The third-order valence-corrected chi connectivity index (χ3v) is 12.5. The largest absolute Gasteiger partial charge is 0.336 e. The first-order chi connectivity index (χ1) is 10.9. The van der Waals surface area contributed by atoms with Gasteiger partial charge < -0.3 is 9.05 Å². The molecule has 2 aromatic rings. The van der Waals surface area contributed by atoms with Crippen LogP contribution in [-0.2, 0) is 45.9 Å². The molecule has 0 aliphatic carbocycles. The van der Waals surface area contributed by atoms with Crippen LogP contribution in [-0.4, -0.2) is 5.90 Å². The molecule has 2 aromatic carbocycles. The summed E-state index contributed by atoms with van der Waals surface area (Å²) in [6, 6.07) is 19.8. The van der Waals surface area contributed by atoms with E-state index in [1.165, 1.54) is 0 Å². The highest BCUT2D eigenvalue weighted by atomic mass is 32.9. The van der Waals surface area contributed by atoms with Gasteiger partial charge in [-0.15, -0.1) is 24.5 Å². The van der Waals surface area contributed by atoms with E-state index in [-0.39, 0.29) is 0 Å². The Morgan fingerprint density at radius 2 is 1.04 bits per heavy atom. The van der Waals surface area contributed by atoms with Gasteiger partial charge in [-0.05, 0) is 11.1 Å². The summed E-state index contributed by atoms with van der Waals surface area (Å²) in [4.78, 5) is 0. The molecule has 0 radical (unpaired) electrons. The Bertz CT molecular complexity index is 648. The van der Waals surface area contributed by atoms with Crippen molar-refractivity contribution in [3.05, 3.63) is 71.8 Å². The van der Waals surface area contributed by atoms with Crippen LogP contribution in [0.4, 0.5) is 0 Å². The van der Waals surface area contributed by atoms with E-state index in [2.05, 4.69) is 24.5 Å². The summed E-state index contributed by atoms with van der Waals surface area (Å²) < 4.78 is 11.7. The summed E-state index contributed by atoms with van der Waals surface area (Å²) in [7, 11) is 0. The van der Waals surface area contributed by atoms with Gasteiger partial charge in [-0.1, -0.05) is 84.3 Å². The van der Waals surface area contributed by atoms with Crippen LogP contribution in [0.3, 0.4) is 0 Å². The van der Waals surface area contributed by atoms with Crippen molar-refractivity contribution in [3.63, 3.8) is 0 Å². The Kier molecular flexibility index (Phi) is 7.84. The van der Waals surface area contributed by atoms with Crippen LogP contribution in [0.2, 0.25) is 0 Å². The molecule has 0 spiro atoms. The minimum atomic E-state index is -2.33. The highest BCUT2D eigenvalue weighted by molar-refractivity contribution is 8.69. The second-order valence-corrected chi connectivity index (χ2v) is 18.2. The van der Waals surface area contributed by atoms with Gasteiger partial charge in [0.15, 0.2) is 0 Å². The Hall–Kier alpha value is 0.360. The molecule has 2 atom stereocenters. The lowest BCUT2D eigenvalue weighted by Gasteiger charge is -2.23. The molecule has 2 unspecified atom stereocenters. The van der Waals surface area contributed by atoms with Gasteiger partial charge in [-0.25, -0.2) is 0 Å². The van der Waals surface area contributed by atoms with Gasteiger partial charge >= 0.3 is 0 Å². The van der Waals surface area contributed by atoms with Crippen molar-refractivity contribution in [1.29, 1.82) is 0 Å². The number of hydrogen-bond donors (Lipinski definition) is 2. The van der Waals surface area contributed by atoms with Crippen LogP contribution in [0.5, 0.6) is 0 Å². The van der Waals surface area contributed by atoms with E-state index in [1.54, 1.807) is 0 Å². The summed E-state index contributed by atoms with van der Waals surface area (Å²) in [5.41, 5.74) is -2.53. The molecular weight excluding hydrogens is 402 g/mol. The molecule has 0 saturated carbocycles.